The van der Waals surface area contributed by atoms with Gasteiger partial charge in [-0.25, -0.2) is 4.39 Å². The van der Waals surface area contributed by atoms with Crippen molar-refractivity contribution >= 4 is 11.6 Å². The number of anilines is 1. The summed E-state index contributed by atoms with van der Waals surface area (Å²) in [6.45, 7) is 1.91. The van der Waals surface area contributed by atoms with Crippen molar-refractivity contribution in [1.82, 2.24) is 4.90 Å². The lowest BCUT2D eigenvalue weighted by Gasteiger charge is -2.21. The highest BCUT2D eigenvalue weighted by atomic mass is 19.1. The van der Waals surface area contributed by atoms with Gasteiger partial charge < -0.3 is 14.5 Å². The third-order valence-electron chi connectivity index (χ3n) is 5.20. The zero-order chi connectivity index (χ0) is 23.0. The van der Waals surface area contributed by atoms with Gasteiger partial charge in [-0.05, 0) is 47.5 Å². The number of rotatable bonds is 9. The number of methoxy groups -OCH3 is 1. The topological polar surface area (TPSA) is 54.7 Å². The fraction of sp³-hybridized carbons (Fsp3) is 0.148. The molecule has 1 N–H and O–H groups in total. The van der Waals surface area contributed by atoms with E-state index in [1.54, 1.807) is 31.4 Å². The van der Waals surface area contributed by atoms with Gasteiger partial charge in [0.15, 0.2) is 5.76 Å². The lowest BCUT2D eigenvalue weighted by Crippen LogP contribution is -2.22. The number of nitrogens with zero attached hydrogens (tertiary/aromatic N) is 1. The number of carbonyl (C=O) groups is 1. The summed E-state index contributed by atoms with van der Waals surface area (Å²) in [5.41, 5.74) is 2.43. The summed E-state index contributed by atoms with van der Waals surface area (Å²) in [6.07, 6.45) is 0. The molecule has 0 bridgehead atoms. The molecule has 4 rings (SSSR count). The van der Waals surface area contributed by atoms with Gasteiger partial charge in [0, 0.05) is 13.1 Å². The van der Waals surface area contributed by atoms with Gasteiger partial charge in [0.25, 0.3) is 5.91 Å². The van der Waals surface area contributed by atoms with Crippen molar-refractivity contribution in [2.75, 3.05) is 12.4 Å². The minimum absolute atomic E-state index is 0.116. The Morgan fingerprint density at radius 2 is 1.52 bits per heavy atom. The van der Waals surface area contributed by atoms with Gasteiger partial charge in [0.2, 0.25) is 0 Å². The molecule has 1 heterocycles. The monoisotopic (exact) mass is 444 g/mol. The third-order valence-corrected chi connectivity index (χ3v) is 5.20. The van der Waals surface area contributed by atoms with E-state index in [-0.39, 0.29) is 11.4 Å². The van der Waals surface area contributed by atoms with Crippen LogP contribution in [0.2, 0.25) is 0 Å². The molecule has 0 radical (unpaired) electrons. The first-order valence-corrected chi connectivity index (χ1v) is 10.6. The van der Waals surface area contributed by atoms with Crippen LogP contribution in [0.15, 0.2) is 95.4 Å². The SMILES string of the molecule is COc1ccc(CN(Cc2ccccc2)Cc2ccc(C(=O)Nc3ccccc3F)o2)cc1. The fourth-order valence-corrected chi connectivity index (χ4v) is 3.55. The van der Waals surface area contributed by atoms with Crippen LogP contribution in [-0.2, 0) is 19.6 Å². The molecule has 0 unspecified atom stereocenters. The maximum Gasteiger partial charge on any atom is 0.291 e. The molecule has 0 saturated carbocycles. The molecule has 3 aromatic carbocycles. The molecule has 0 aliphatic rings. The van der Waals surface area contributed by atoms with E-state index in [1.807, 2.05) is 42.5 Å². The number of nitrogens with one attached hydrogen (secondary N) is 1. The molecule has 0 saturated heterocycles. The van der Waals surface area contributed by atoms with Gasteiger partial charge in [-0.1, -0.05) is 54.6 Å². The highest BCUT2D eigenvalue weighted by molar-refractivity contribution is 6.02. The molecule has 0 atom stereocenters. The first kappa shape index (κ1) is 22.3. The van der Waals surface area contributed by atoms with Crippen molar-refractivity contribution in [3.63, 3.8) is 0 Å². The zero-order valence-electron chi connectivity index (χ0n) is 18.3. The average Bonchev–Trinajstić information content (AvgIpc) is 3.30. The number of para-hydroxylation sites is 1. The van der Waals surface area contributed by atoms with Crippen LogP contribution in [0.5, 0.6) is 5.75 Å². The predicted octanol–water partition coefficient (Wildman–Crippen LogP) is 5.88. The van der Waals surface area contributed by atoms with E-state index in [0.717, 1.165) is 11.3 Å². The number of furan rings is 1. The van der Waals surface area contributed by atoms with Crippen LogP contribution in [0.4, 0.5) is 10.1 Å². The fourth-order valence-electron chi connectivity index (χ4n) is 3.55. The van der Waals surface area contributed by atoms with Crippen molar-refractivity contribution in [1.29, 1.82) is 0 Å². The lowest BCUT2D eigenvalue weighted by molar-refractivity contribution is 0.0991. The maximum atomic E-state index is 13.8. The van der Waals surface area contributed by atoms with E-state index in [1.165, 1.54) is 17.7 Å². The highest BCUT2D eigenvalue weighted by Crippen LogP contribution is 2.20. The van der Waals surface area contributed by atoms with Crippen molar-refractivity contribution < 1.29 is 18.3 Å². The minimum Gasteiger partial charge on any atom is -0.497 e. The van der Waals surface area contributed by atoms with Gasteiger partial charge >= 0.3 is 0 Å². The van der Waals surface area contributed by atoms with Gasteiger partial charge in [-0.3, -0.25) is 9.69 Å². The molecule has 0 aliphatic heterocycles. The molecule has 6 heteroatoms. The van der Waals surface area contributed by atoms with E-state index >= 15 is 0 Å². The summed E-state index contributed by atoms with van der Waals surface area (Å²) >= 11 is 0. The molecule has 168 valence electrons. The second-order valence-electron chi connectivity index (χ2n) is 7.68. The lowest BCUT2D eigenvalue weighted by atomic mass is 10.1. The number of carbonyl (C=O) groups excluding carboxylic acids is 1. The Kier molecular flexibility index (Phi) is 7.17. The Labute approximate surface area is 192 Å². The molecule has 1 aromatic heterocycles. The van der Waals surface area contributed by atoms with Gasteiger partial charge in [-0.2, -0.15) is 0 Å². The number of ether oxygens (including phenoxy) is 1. The van der Waals surface area contributed by atoms with E-state index in [2.05, 4.69) is 22.3 Å². The number of amides is 1. The molecule has 33 heavy (non-hydrogen) atoms. The molecule has 0 fully saturated rings. The Hall–Kier alpha value is -3.90. The van der Waals surface area contributed by atoms with Crippen LogP contribution in [0.25, 0.3) is 0 Å². The van der Waals surface area contributed by atoms with Crippen LogP contribution in [0, 0.1) is 5.82 Å². The highest BCUT2D eigenvalue weighted by Gasteiger charge is 2.16. The second kappa shape index (κ2) is 10.6. The van der Waals surface area contributed by atoms with Crippen molar-refractivity contribution in [2.24, 2.45) is 0 Å². The van der Waals surface area contributed by atoms with Crippen molar-refractivity contribution in [3.8, 4) is 5.75 Å². The normalized spacial score (nSPS) is 10.9. The molecular weight excluding hydrogens is 419 g/mol. The Bertz CT molecular complexity index is 1190. The first-order chi connectivity index (χ1) is 16.1. The van der Waals surface area contributed by atoms with Gasteiger partial charge in [-0.15, -0.1) is 0 Å². The smallest absolute Gasteiger partial charge is 0.291 e. The summed E-state index contributed by atoms with van der Waals surface area (Å²) in [5, 5.41) is 2.55. The second-order valence-corrected chi connectivity index (χ2v) is 7.68. The van der Waals surface area contributed by atoms with Crippen LogP contribution in [0.1, 0.15) is 27.4 Å². The van der Waals surface area contributed by atoms with Crippen LogP contribution < -0.4 is 10.1 Å². The molecule has 4 aromatic rings. The summed E-state index contributed by atoms with van der Waals surface area (Å²) < 4.78 is 24.9. The summed E-state index contributed by atoms with van der Waals surface area (Å²) in [5.74, 6) is 0.614. The van der Waals surface area contributed by atoms with E-state index in [0.29, 0.717) is 25.4 Å². The molecule has 0 aliphatic carbocycles. The summed E-state index contributed by atoms with van der Waals surface area (Å²) in [4.78, 5) is 14.7. The van der Waals surface area contributed by atoms with E-state index in [4.69, 9.17) is 9.15 Å². The number of benzene rings is 3. The zero-order valence-corrected chi connectivity index (χ0v) is 18.3. The molecule has 0 spiro atoms. The molecule has 1 amide bonds. The van der Waals surface area contributed by atoms with E-state index in [9.17, 15) is 9.18 Å². The van der Waals surface area contributed by atoms with Crippen LogP contribution in [-0.4, -0.2) is 17.9 Å². The number of hydrogen-bond acceptors (Lipinski definition) is 4. The van der Waals surface area contributed by atoms with Crippen LogP contribution in [0.3, 0.4) is 0 Å². The quantitative estimate of drug-likeness (QED) is 0.350. The maximum absolute atomic E-state index is 13.8. The number of hydrogen-bond donors (Lipinski definition) is 1. The summed E-state index contributed by atoms with van der Waals surface area (Å²) in [6, 6.07) is 27.5. The van der Waals surface area contributed by atoms with Gasteiger partial charge in [0.1, 0.15) is 17.3 Å². The first-order valence-electron chi connectivity index (χ1n) is 10.6. The largest absolute Gasteiger partial charge is 0.497 e. The van der Waals surface area contributed by atoms with Crippen molar-refractivity contribution in [3.05, 3.63) is 119 Å². The average molecular weight is 445 g/mol. The predicted molar refractivity (Wildman–Crippen MR) is 125 cm³/mol. The molecular formula is C27H25FN2O3. The van der Waals surface area contributed by atoms with Crippen LogP contribution >= 0.6 is 0 Å². The summed E-state index contributed by atoms with van der Waals surface area (Å²) in [7, 11) is 1.65. The van der Waals surface area contributed by atoms with Crippen molar-refractivity contribution in [2.45, 2.75) is 19.6 Å². The Morgan fingerprint density at radius 1 is 0.848 bits per heavy atom. The molecule has 5 nitrogen and oxygen atoms in total. The third kappa shape index (κ3) is 6.08. The number of halogens is 1. The minimum atomic E-state index is -0.494. The van der Waals surface area contributed by atoms with E-state index < -0.39 is 11.7 Å². The van der Waals surface area contributed by atoms with Gasteiger partial charge in [0.05, 0.1) is 19.3 Å². The Morgan fingerprint density at radius 3 is 2.21 bits per heavy atom. The Balaban J connectivity index is 1.47. The standard InChI is InChI=1S/C27H25FN2O3/c1-32-22-13-11-21(12-14-22)18-30(17-20-7-3-2-4-8-20)19-23-15-16-26(33-23)27(31)29-25-10-6-5-9-24(25)28/h2-16H,17-19H2,1H3,(H,29,31).